The standard InChI is InChI=1S/C15H14ClN3O3S2/c1-3-22-13(21)11-8(2)17-15(24-11)19-14(23)18-12(20)9-5-4-6-10(16)7-9/h4-7H,3H2,1-2H3,(H2,17,18,19,20,23). The fraction of sp³-hybridized carbons (Fsp3) is 0.200. The highest BCUT2D eigenvalue weighted by molar-refractivity contribution is 7.80. The lowest BCUT2D eigenvalue weighted by Gasteiger charge is -2.07. The van der Waals surface area contributed by atoms with Gasteiger partial charge in [0.2, 0.25) is 0 Å². The number of nitrogens with one attached hydrogen (secondary N) is 2. The predicted molar refractivity (Wildman–Crippen MR) is 97.9 cm³/mol. The molecule has 0 bridgehead atoms. The van der Waals surface area contributed by atoms with Gasteiger partial charge in [-0.2, -0.15) is 0 Å². The van der Waals surface area contributed by atoms with Gasteiger partial charge in [-0.15, -0.1) is 0 Å². The summed E-state index contributed by atoms with van der Waals surface area (Å²) in [7, 11) is 0. The minimum absolute atomic E-state index is 0.0733. The third-order valence-corrected chi connectivity index (χ3v) is 4.28. The van der Waals surface area contributed by atoms with Crippen LogP contribution in [0.25, 0.3) is 0 Å². The van der Waals surface area contributed by atoms with E-state index in [-0.39, 0.29) is 11.7 Å². The van der Waals surface area contributed by atoms with Crippen LogP contribution in [0.15, 0.2) is 24.3 Å². The maximum Gasteiger partial charge on any atom is 0.350 e. The van der Waals surface area contributed by atoms with E-state index in [0.29, 0.717) is 26.3 Å². The third kappa shape index (κ3) is 4.73. The molecule has 2 rings (SSSR count). The fourth-order valence-electron chi connectivity index (χ4n) is 1.77. The van der Waals surface area contributed by atoms with Crippen LogP contribution in [0.4, 0.5) is 5.13 Å². The lowest BCUT2D eigenvalue weighted by atomic mass is 10.2. The Hall–Kier alpha value is -2.03. The molecule has 126 valence electrons. The van der Waals surface area contributed by atoms with E-state index >= 15 is 0 Å². The summed E-state index contributed by atoms with van der Waals surface area (Å²) in [6.45, 7) is 3.71. The number of anilines is 1. The Morgan fingerprint density at radius 1 is 1.42 bits per heavy atom. The van der Waals surface area contributed by atoms with Crippen LogP contribution in [0.1, 0.15) is 32.6 Å². The lowest BCUT2D eigenvalue weighted by molar-refractivity contribution is 0.0531. The summed E-state index contributed by atoms with van der Waals surface area (Å²) in [5.74, 6) is -0.830. The Kier molecular flexibility index (Phi) is 6.24. The third-order valence-electron chi connectivity index (χ3n) is 2.79. The van der Waals surface area contributed by atoms with Crippen LogP contribution in [0, 0.1) is 6.92 Å². The van der Waals surface area contributed by atoms with Crippen LogP contribution >= 0.6 is 35.2 Å². The number of hydrogen-bond acceptors (Lipinski definition) is 6. The molecule has 2 N–H and O–H groups in total. The molecule has 24 heavy (non-hydrogen) atoms. The van der Waals surface area contributed by atoms with Crippen LogP contribution in [0.5, 0.6) is 0 Å². The molecule has 9 heteroatoms. The first-order valence-corrected chi connectivity index (χ1v) is 8.53. The smallest absolute Gasteiger partial charge is 0.350 e. The molecule has 0 saturated carbocycles. The molecule has 1 amide bonds. The molecule has 0 unspecified atom stereocenters. The number of thiazole rings is 1. The average Bonchev–Trinajstić information content (AvgIpc) is 2.87. The summed E-state index contributed by atoms with van der Waals surface area (Å²) in [6, 6.07) is 6.50. The second-order valence-electron chi connectivity index (χ2n) is 4.57. The Morgan fingerprint density at radius 3 is 2.83 bits per heavy atom. The zero-order valence-corrected chi connectivity index (χ0v) is 15.3. The van der Waals surface area contributed by atoms with Crippen molar-refractivity contribution in [2.45, 2.75) is 13.8 Å². The van der Waals surface area contributed by atoms with Crippen molar-refractivity contribution in [3.8, 4) is 0 Å². The van der Waals surface area contributed by atoms with Crippen LogP contribution in [0.3, 0.4) is 0 Å². The quantitative estimate of drug-likeness (QED) is 0.622. The first kappa shape index (κ1) is 18.3. The molecule has 1 heterocycles. The second-order valence-corrected chi connectivity index (χ2v) is 6.42. The molecule has 1 aromatic carbocycles. The van der Waals surface area contributed by atoms with Gasteiger partial charge < -0.3 is 10.1 Å². The molecular formula is C15H14ClN3O3S2. The minimum atomic E-state index is -0.436. The number of esters is 1. The van der Waals surface area contributed by atoms with Gasteiger partial charge in [-0.3, -0.25) is 10.1 Å². The Bertz CT molecular complexity index is 792. The number of benzene rings is 1. The van der Waals surface area contributed by atoms with Crippen molar-refractivity contribution in [1.82, 2.24) is 10.3 Å². The first-order chi connectivity index (χ1) is 11.4. The van der Waals surface area contributed by atoms with Crippen molar-refractivity contribution in [2.75, 3.05) is 11.9 Å². The van der Waals surface area contributed by atoms with Crippen molar-refractivity contribution >= 4 is 57.3 Å². The number of hydrogen-bond donors (Lipinski definition) is 2. The second kappa shape index (κ2) is 8.18. The molecule has 0 fully saturated rings. The summed E-state index contributed by atoms with van der Waals surface area (Å²) in [6.07, 6.45) is 0. The summed E-state index contributed by atoms with van der Waals surface area (Å²) >= 11 is 12.0. The first-order valence-electron chi connectivity index (χ1n) is 6.93. The molecule has 0 aliphatic carbocycles. The van der Waals surface area contributed by atoms with Gasteiger partial charge in [0.25, 0.3) is 5.91 Å². The van der Waals surface area contributed by atoms with E-state index < -0.39 is 11.9 Å². The topological polar surface area (TPSA) is 80.3 Å². The van der Waals surface area contributed by atoms with Crippen molar-refractivity contribution in [1.29, 1.82) is 0 Å². The maximum atomic E-state index is 12.1. The Morgan fingerprint density at radius 2 is 2.17 bits per heavy atom. The Labute approximate surface area is 153 Å². The van der Waals surface area contributed by atoms with Gasteiger partial charge in [0.15, 0.2) is 10.2 Å². The number of aryl methyl sites for hydroxylation is 1. The molecule has 2 aromatic rings. The molecule has 0 spiro atoms. The van der Waals surface area contributed by atoms with E-state index in [4.69, 9.17) is 28.6 Å². The van der Waals surface area contributed by atoms with E-state index in [1.807, 2.05) is 0 Å². The largest absolute Gasteiger partial charge is 0.462 e. The number of ether oxygens (including phenoxy) is 1. The van der Waals surface area contributed by atoms with Gasteiger partial charge in [-0.1, -0.05) is 29.0 Å². The Balaban J connectivity index is 2.01. The highest BCUT2D eigenvalue weighted by Gasteiger charge is 2.17. The van der Waals surface area contributed by atoms with Crippen LogP contribution < -0.4 is 10.6 Å². The predicted octanol–water partition coefficient (Wildman–Crippen LogP) is 3.41. The summed E-state index contributed by atoms with van der Waals surface area (Å²) < 4.78 is 4.95. The molecule has 0 saturated heterocycles. The number of aromatic nitrogens is 1. The molecule has 0 atom stereocenters. The van der Waals surface area contributed by atoms with Crippen molar-refractivity contribution < 1.29 is 14.3 Å². The number of carbonyl (C=O) groups excluding carboxylic acids is 2. The average molecular weight is 384 g/mol. The van der Waals surface area contributed by atoms with Crippen LogP contribution in [-0.4, -0.2) is 28.6 Å². The number of amides is 1. The summed E-state index contributed by atoms with van der Waals surface area (Å²) in [5, 5.41) is 6.23. The van der Waals surface area contributed by atoms with Gasteiger partial charge >= 0.3 is 5.97 Å². The van der Waals surface area contributed by atoms with Crippen molar-refractivity contribution in [3.05, 3.63) is 45.4 Å². The maximum absolute atomic E-state index is 12.1. The normalized spacial score (nSPS) is 10.1. The van der Waals surface area contributed by atoms with Crippen LogP contribution in [0.2, 0.25) is 5.02 Å². The molecule has 0 aliphatic rings. The SMILES string of the molecule is CCOC(=O)c1sc(NC(=S)NC(=O)c2cccc(Cl)c2)nc1C. The van der Waals surface area contributed by atoms with Gasteiger partial charge in [-0.25, -0.2) is 9.78 Å². The number of carbonyl (C=O) groups is 2. The molecule has 6 nitrogen and oxygen atoms in total. The van der Waals surface area contributed by atoms with E-state index in [1.54, 1.807) is 32.0 Å². The van der Waals surface area contributed by atoms with Crippen molar-refractivity contribution in [2.24, 2.45) is 0 Å². The number of halogens is 1. The van der Waals surface area contributed by atoms with E-state index in [9.17, 15) is 9.59 Å². The zero-order chi connectivity index (χ0) is 17.7. The van der Waals surface area contributed by atoms with E-state index in [1.165, 1.54) is 6.07 Å². The molecule has 0 aliphatic heterocycles. The van der Waals surface area contributed by atoms with Gasteiger partial charge in [0.1, 0.15) is 4.88 Å². The highest BCUT2D eigenvalue weighted by Crippen LogP contribution is 2.23. The molecular weight excluding hydrogens is 370 g/mol. The van der Waals surface area contributed by atoms with Gasteiger partial charge in [-0.05, 0) is 44.3 Å². The van der Waals surface area contributed by atoms with E-state index in [0.717, 1.165) is 11.3 Å². The summed E-state index contributed by atoms with van der Waals surface area (Å²) in [4.78, 5) is 28.4. The fourth-order valence-corrected chi connectivity index (χ4v) is 3.08. The monoisotopic (exact) mass is 383 g/mol. The van der Waals surface area contributed by atoms with E-state index in [2.05, 4.69) is 15.6 Å². The molecule has 0 radical (unpaired) electrons. The lowest BCUT2D eigenvalue weighted by Crippen LogP contribution is -2.34. The van der Waals surface area contributed by atoms with Crippen molar-refractivity contribution in [3.63, 3.8) is 0 Å². The highest BCUT2D eigenvalue weighted by atomic mass is 35.5. The number of nitrogens with zero attached hydrogens (tertiary/aromatic N) is 1. The number of thiocarbonyl (C=S) groups is 1. The summed E-state index contributed by atoms with van der Waals surface area (Å²) in [5.41, 5.74) is 0.916. The van der Waals surface area contributed by atoms with Crippen LogP contribution in [-0.2, 0) is 4.74 Å². The van der Waals surface area contributed by atoms with Gasteiger partial charge in [0, 0.05) is 10.6 Å². The van der Waals surface area contributed by atoms with Gasteiger partial charge in [0.05, 0.1) is 12.3 Å². The minimum Gasteiger partial charge on any atom is -0.462 e. The zero-order valence-electron chi connectivity index (χ0n) is 12.9. The molecule has 1 aromatic heterocycles. The number of rotatable bonds is 4.